The zero-order valence-corrected chi connectivity index (χ0v) is 11.6. The van der Waals surface area contributed by atoms with Crippen molar-refractivity contribution in [3.63, 3.8) is 0 Å². The molecule has 6 heteroatoms. The van der Waals surface area contributed by atoms with Crippen LogP contribution in [0.15, 0.2) is 30.6 Å². The van der Waals surface area contributed by atoms with E-state index in [1.807, 2.05) is 13.0 Å². The maximum absolute atomic E-state index is 12.1. The number of anilines is 1. The maximum Gasteiger partial charge on any atom is 0.322 e. The number of aromatic nitrogens is 2. The third-order valence-electron chi connectivity index (χ3n) is 3.69. The quantitative estimate of drug-likeness (QED) is 0.898. The Morgan fingerprint density at radius 3 is 3.10 bits per heavy atom. The van der Waals surface area contributed by atoms with E-state index in [4.69, 9.17) is 5.26 Å². The van der Waals surface area contributed by atoms with Crippen LogP contribution in [0.25, 0.3) is 0 Å². The fourth-order valence-electron chi connectivity index (χ4n) is 2.58. The molecule has 1 saturated heterocycles. The summed E-state index contributed by atoms with van der Waals surface area (Å²) in [4.78, 5) is 21.1. The summed E-state index contributed by atoms with van der Waals surface area (Å²) < 4.78 is 0. The Bertz CT molecular complexity index is 715. The molecule has 1 atom stereocenters. The molecule has 1 aliphatic heterocycles. The van der Waals surface area contributed by atoms with Crippen molar-refractivity contribution in [3.05, 3.63) is 47.5 Å². The van der Waals surface area contributed by atoms with Gasteiger partial charge in [0.2, 0.25) is 0 Å². The Kier molecular flexibility index (Phi) is 3.32. The first-order valence-corrected chi connectivity index (χ1v) is 6.75. The van der Waals surface area contributed by atoms with Crippen LogP contribution in [-0.2, 0) is 6.42 Å². The summed E-state index contributed by atoms with van der Waals surface area (Å²) in [6, 6.07) is 9.05. The lowest BCUT2D eigenvalue weighted by atomic mass is 10.1. The zero-order chi connectivity index (χ0) is 14.8. The molecule has 2 heterocycles. The van der Waals surface area contributed by atoms with Gasteiger partial charge in [0.15, 0.2) is 0 Å². The molecule has 6 nitrogen and oxygen atoms in total. The number of imidazole rings is 1. The highest BCUT2D eigenvalue weighted by molar-refractivity contribution is 5.95. The SMILES string of the molecule is Cc1[nH]cnc1CC1CNC(=O)N1c1cccc(C#N)c1. The number of carbonyl (C=O) groups is 1. The van der Waals surface area contributed by atoms with Gasteiger partial charge in [0.1, 0.15) is 0 Å². The highest BCUT2D eigenvalue weighted by atomic mass is 16.2. The van der Waals surface area contributed by atoms with Crippen molar-refractivity contribution in [2.24, 2.45) is 0 Å². The second kappa shape index (κ2) is 5.29. The number of nitrogens with one attached hydrogen (secondary N) is 2. The van der Waals surface area contributed by atoms with Crippen LogP contribution in [0.5, 0.6) is 0 Å². The fourth-order valence-corrected chi connectivity index (χ4v) is 2.58. The average Bonchev–Trinajstić information content (AvgIpc) is 3.06. The molecule has 0 spiro atoms. The lowest BCUT2D eigenvalue weighted by molar-refractivity contribution is 0.251. The molecule has 2 N–H and O–H groups in total. The Morgan fingerprint density at radius 2 is 2.38 bits per heavy atom. The van der Waals surface area contributed by atoms with Crippen LogP contribution < -0.4 is 10.2 Å². The van der Waals surface area contributed by atoms with E-state index in [-0.39, 0.29) is 12.1 Å². The summed E-state index contributed by atoms with van der Waals surface area (Å²) in [5.74, 6) is 0. The van der Waals surface area contributed by atoms with Crippen LogP contribution in [0.4, 0.5) is 10.5 Å². The van der Waals surface area contributed by atoms with Gasteiger partial charge in [-0.15, -0.1) is 0 Å². The Hall–Kier alpha value is -2.81. The van der Waals surface area contributed by atoms with E-state index >= 15 is 0 Å². The largest absolute Gasteiger partial charge is 0.348 e. The molecule has 0 bridgehead atoms. The van der Waals surface area contributed by atoms with Crippen LogP contribution in [0.2, 0.25) is 0 Å². The van der Waals surface area contributed by atoms with Gasteiger partial charge in [0.05, 0.1) is 29.7 Å². The van der Waals surface area contributed by atoms with Crippen molar-refractivity contribution >= 4 is 11.7 Å². The van der Waals surface area contributed by atoms with Crippen molar-refractivity contribution in [2.75, 3.05) is 11.4 Å². The van der Waals surface area contributed by atoms with Crippen LogP contribution in [0.3, 0.4) is 0 Å². The van der Waals surface area contributed by atoms with E-state index in [0.29, 0.717) is 18.5 Å². The smallest absolute Gasteiger partial charge is 0.322 e. The summed E-state index contributed by atoms with van der Waals surface area (Å²) in [5.41, 5.74) is 3.25. The number of benzene rings is 1. The molecular weight excluding hydrogens is 266 g/mol. The average molecular weight is 281 g/mol. The number of urea groups is 1. The maximum atomic E-state index is 12.1. The van der Waals surface area contributed by atoms with Crippen LogP contribution in [0.1, 0.15) is 17.0 Å². The monoisotopic (exact) mass is 281 g/mol. The van der Waals surface area contributed by atoms with Gasteiger partial charge in [-0.05, 0) is 25.1 Å². The Morgan fingerprint density at radius 1 is 1.52 bits per heavy atom. The topological polar surface area (TPSA) is 84.8 Å². The predicted octanol–water partition coefficient (Wildman–Crippen LogP) is 1.73. The number of amides is 2. The molecule has 21 heavy (non-hydrogen) atoms. The van der Waals surface area contributed by atoms with Crippen molar-refractivity contribution in [2.45, 2.75) is 19.4 Å². The first kappa shape index (κ1) is 13.2. The molecule has 0 saturated carbocycles. The number of hydrogen-bond acceptors (Lipinski definition) is 3. The Balaban J connectivity index is 1.89. The number of rotatable bonds is 3. The van der Waals surface area contributed by atoms with Gasteiger partial charge in [-0.2, -0.15) is 5.26 Å². The van der Waals surface area contributed by atoms with Crippen molar-refractivity contribution in [1.29, 1.82) is 5.26 Å². The number of H-pyrrole nitrogens is 1. The highest BCUT2D eigenvalue weighted by Gasteiger charge is 2.32. The summed E-state index contributed by atoms with van der Waals surface area (Å²) in [5, 5.41) is 11.9. The molecule has 3 rings (SSSR count). The minimum atomic E-state index is -0.136. The molecule has 2 aromatic rings. The number of nitriles is 1. The van der Waals surface area contributed by atoms with Gasteiger partial charge < -0.3 is 10.3 Å². The summed E-state index contributed by atoms with van der Waals surface area (Å²) in [6.45, 7) is 2.54. The summed E-state index contributed by atoms with van der Waals surface area (Å²) in [7, 11) is 0. The number of hydrogen-bond donors (Lipinski definition) is 2. The minimum absolute atomic E-state index is 0.00607. The Labute approximate surface area is 122 Å². The van der Waals surface area contributed by atoms with E-state index in [0.717, 1.165) is 17.1 Å². The molecule has 1 fully saturated rings. The predicted molar refractivity (Wildman–Crippen MR) is 77.9 cm³/mol. The fraction of sp³-hybridized carbons (Fsp3) is 0.267. The molecule has 1 aromatic carbocycles. The van der Waals surface area contributed by atoms with Crippen molar-refractivity contribution in [3.8, 4) is 6.07 Å². The first-order chi connectivity index (χ1) is 10.2. The number of aromatic amines is 1. The molecule has 2 amide bonds. The second-order valence-electron chi connectivity index (χ2n) is 5.05. The normalized spacial score (nSPS) is 17.6. The number of carbonyl (C=O) groups excluding carboxylic acids is 1. The van der Waals surface area contributed by atoms with E-state index in [1.165, 1.54) is 0 Å². The third kappa shape index (κ3) is 2.46. The van der Waals surface area contributed by atoms with Gasteiger partial charge in [-0.1, -0.05) is 6.07 Å². The van der Waals surface area contributed by atoms with E-state index < -0.39 is 0 Å². The van der Waals surface area contributed by atoms with Crippen LogP contribution in [-0.4, -0.2) is 28.6 Å². The summed E-state index contributed by atoms with van der Waals surface area (Å²) in [6.07, 6.45) is 2.33. The minimum Gasteiger partial charge on any atom is -0.348 e. The van der Waals surface area contributed by atoms with Crippen LogP contribution >= 0.6 is 0 Å². The zero-order valence-electron chi connectivity index (χ0n) is 11.6. The number of aryl methyl sites for hydroxylation is 1. The van der Waals surface area contributed by atoms with Crippen LogP contribution in [0, 0.1) is 18.3 Å². The highest BCUT2D eigenvalue weighted by Crippen LogP contribution is 2.23. The van der Waals surface area contributed by atoms with Crippen molar-refractivity contribution in [1.82, 2.24) is 15.3 Å². The lowest BCUT2D eigenvalue weighted by Crippen LogP contribution is -2.35. The molecule has 1 aromatic heterocycles. The lowest BCUT2D eigenvalue weighted by Gasteiger charge is -2.23. The van der Waals surface area contributed by atoms with E-state index in [9.17, 15) is 4.79 Å². The summed E-state index contributed by atoms with van der Waals surface area (Å²) >= 11 is 0. The third-order valence-corrected chi connectivity index (χ3v) is 3.69. The molecule has 1 aliphatic rings. The van der Waals surface area contributed by atoms with Crippen molar-refractivity contribution < 1.29 is 4.79 Å². The molecule has 0 radical (unpaired) electrons. The molecule has 106 valence electrons. The van der Waals surface area contributed by atoms with Gasteiger partial charge in [0, 0.05) is 24.3 Å². The van der Waals surface area contributed by atoms with Gasteiger partial charge in [0.25, 0.3) is 0 Å². The first-order valence-electron chi connectivity index (χ1n) is 6.75. The van der Waals surface area contributed by atoms with E-state index in [2.05, 4.69) is 21.4 Å². The van der Waals surface area contributed by atoms with Gasteiger partial charge in [-0.25, -0.2) is 9.78 Å². The van der Waals surface area contributed by atoms with Gasteiger partial charge >= 0.3 is 6.03 Å². The standard InChI is InChI=1S/C15H15N5O/c1-10-14(19-9-18-10)6-13-8-17-15(21)20(13)12-4-2-3-11(5-12)7-16/h2-5,9,13H,6,8H2,1H3,(H,17,21)(H,18,19). The van der Waals surface area contributed by atoms with E-state index in [1.54, 1.807) is 29.4 Å². The molecular formula is C15H15N5O. The van der Waals surface area contributed by atoms with Gasteiger partial charge in [-0.3, -0.25) is 4.90 Å². The second-order valence-corrected chi connectivity index (χ2v) is 5.05. The number of nitrogens with zero attached hydrogens (tertiary/aromatic N) is 3. The molecule has 0 aliphatic carbocycles. The molecule has 1 unspecified atom stereocenters.